The second-order valence-electron chi connectivity index (χ2n) is 5.09. The van der Waals surface area contributed by atoms with Crippen molar-refractivity contribution in [1.29, 1.82) is 0 Å². The number of carbonyl (C=O) groups is 1. The van der Waals surface area contributed by atoms with Gasteiger partial charge in [-0.3, -0.25) is 9.48 Å². The van der Waals surface area contributed by atoms with Gasteiger partial charge in [-0.2, -0.15) is 5.10 Å². The predicted molar refractivity (Wildman–Crippen MR) is 77.6 cm³/mol. The first-order chi connectivity index (χ1) is 9.72. The fourth-order valence-corrected chi connectivity index (χ4v) is 3.17. The van der Waals surface area contributed by atoms with Crippen LogP contribution in [0.3, 0.4) is 0 Å². The van der Waals surface area contributed by atoms with Crippen molar-refractivity contribution in [2.75, 3.05) is 0 Å². The predicted octanol–water partition coefficient (Wildman–Crippen LogP) is 3.21. The first kappa shape index (κ1) is 13.2. The summed E-state index contributed by atoms with van der Waals surface area (Å²) in [5.41, 5.74) is 1.29. The molecule has 0 radical (unpaired) electrons. The van der Waals surface area contributed by atoms with Gasteiger partial charge in [0, 0.05) is 16.8 Å². The summed E-state index contributed by atoms with van der Waals surface area (Å²) < 4.78 is 1.91. The van der Waals surface area contributed by atoms with E-state index in [2.05, 4.69) is 17.2 Å². The Morgan fingerprint density at radius 1 is 1.35 bits per heavy atom. The quantitative estimate of drug-likeness (QED) is 0.858. The van der Waals surface area contributed by atoms with Crippen LogP contribution in [0.4, 0.5) is 0 Å². The molecule has 1 heterocycles. The van der Waals surface area contributed by atoms with E-state index in [1.807, 2.05) is 35.3 Å². The van der Waals surface area contributed by atoms with Gasteiger partial charge in [0.1, 0.15) is 0 Å². The van der Waals surface area contributed by atoms with Crippen LogP contribution in [-0.4, -0.2) is 20.9 Å². The van der Waals surface area contributed by atoms with Crippen LogP contribution in [0.5, 0.6) is 0 Å². The van der Waals surface area contributed by atoms with Gasteiger partial charge < -0.3 is 5.11 Å². The molecule has 0 unspecified atom stereocenters. The summed E-state index contributed by atoms with van der Waals surface area (Å²) >= 11 is 1.75. The van der Waals surface area contributed by atoms with Gasteiger partial charge in [-0.1, -0.05) is 30.3 Å². The Kier molecular flexibility index (Phi) is 3.78. The Labute approximate surface area is 121 Å². The van der Waals surface area contributed by atoms with Crippen molar-refractivity contribution in [2.24, 2.45) is 5.92 Å². The van der Waals surface area contributed by atoms with Crippen molar-refractivity contribution in [3.63, 3.8) is 0 Å². The van der Waals surface area contributed by atoms with Crippen LogP contribution in [-0.2, 0) is 10.5 Å². The highest BCUT2D eigenvalue weighted by Crippen LogP contribution is 2.38. The lowest BCUT2D eigenvalue weighted by molar-refractivity contribution is -0.146. The molecule has 5 heteroatoms. The third-order valence-corrected chi connectivity index (χ3v) is 4.68. The summed E-state index contributed by atoms with van der Waals surface area (Å²) in [6, 6.07) is 10.6. The van der Waals surface area contributed by atoms with Crippen LogP contribution in [0.25, 0.3) is 0 Å². The van der Waals surface area contributed by atoms with Crippen molar-refractivity contribution < 1.29 is 9.90 Å². The molecule has 1 fully saturated rings. The second kappa shape index (κ2) is 5.71. The summed E-state index contributed by atoms with van der Waals surface area (Å²) in [7, 11) is 0. The molecule has 0 saturated heterocycles. The minimum Gasteiger partial charge on any atom is -0.481 e. The van der Waals surface area contributed by atoms with Crippen LogP contribution in [0.15, 0.2) is 47.6 Å². The third-order valence-electron chi connectivity index (χ3n) is 3.66. The smallest absolute Gasteiger partial charge is 0.306 e. The van der Waals surface area contributed by atoms with E-state index >= 15 is 0 Å². The summed E-state index contributed by atoms with van der Waals surface area (Å²) in [4.78, 5) is 11.9. The lowest BCUT2D eigenvalue weighted by Gasteiger charge is -2.32. The monoisotopic (exact) mass is 288 g/mol. The van der Waals surface area contributed by atoms with Gasteiger partial charge in [-0.15, -0.1) is 11.8 Å². The van der Waals surface area contributed by atoms with Crippen molar-refractivity contribution in [1.82, 2.24) is 9.78 Å². The summed E-state index contributed by atoms with van der Waals surface area (Å²) in [5.74, 6) is 0.0475. The molecule has 0 atom stereocenters. The summed E-state index contributed by atoms with van der Waals surface area (Å²) in [5, 5.41) is 13.2. The number of hydrogen-bond donors (Lipinski definition) is 1. The Bertz CT molecular complexity index is 591. The minimum absolute atomic E-state index is 0.190. The molecule has 20 heavy (non-hydrogen) atoms. The number of rotatable bonds is 5. The van der Waals surface area contributed by atoms with E-state index in [9.17, 15) is 4.79 Å². The van der Waals surface area contributed by atoms with E-state index in [0.717, 1.165) is 10.6 Å². The zero-order chi connectivity index (χ0) is 13.9. The molecular formula is C15H16N2O2S. The molecule has 1 aliphatic carbocycles. The average Bonchev–Trinajstić information content (AvgIpc) is 2.84. The van der Waals surface area contributed by atoms with Crippen LogP contribution in [0.1, 0.15) is 24.4 Å². The zero-order valence-electron chi connectivity index (χ0n) is 11.0. The van der Waals surface area contributed by atoms with Crippen molar-refractivity contribution in [3.05, 3.63) is 48.3 Å². The third kappa shape index (κ3) is 2.88. The maximum atomic E-state index is 10.8. The molecule has 1 aromatic heterocycles. The van der Waals surface area contributed by atoms with E-state index in [0.29, 0.717) is 12.8 Å². The lowest BCUT2D eigenvalue weighted by Crippen LogP contribution is -2.32. The van der Waals surface area contributed by atoms with E-state index in [1.165, 1.54) is 5.56 Å². The zero-order valence-corrected chi connectivity index (χ0v) is 11.8. The van der Waals surface area contributed by atoms with Gasteiger partial charge in [0.2, 0.25) is 0 Å². The second-order valence-corrected chi connectivity index (χ2v) is 6.14. The molecule has 1 N–H and O–H groups in total. The molecule has 0 spiro atoms. The van der Waals surface area contributed by atoms with Gasteiger partial charge in [0.05, 0.1) is 18.2 Å². The van der Waals surface area contributed by atoms with Gasteiger partial charge in [0.25, 0.3) is 0 Å². The lowest BCUT2D eigenvalue weighted by atomic mass is 9.80. The molecule has 104 valence electrons. The molecule has 1 saturated carbocycles. The molecule has 3 rings (SSSR count). The average molecular weight is 288 g/mol. The molecule has 1 aromatic carbocycles. The number of benzene rings is 1. The first-order valence-electron chi connectivity index (χ1n) is 6.66. The Morgan fingerprint density at radius 3 is 2.80 bits per heavy atom. The number of carboxylic acids is 1. The normalized spacial score (nSPS) is 21.4. The van der Waals surface area contributed by atoms with Crippen molar-refractivity contribution in [2.45, 2.75) is 29.5 Å². The highest BCUT2D eigenvalue weighted by molar-refractivity contribution is 7.98. The van der Waals surface area contributed by atoms with Crippen LogP contribution in [0.2, 0.25) is 0 Å². The summed E-state index contributed by atoms with van der Waals surface area (Å²) in [6.45, 7) is 0. The van der Waals surface area contributed by atoms with E-state index in [1.54, 1.807) is 11.8 Å². The van der Waals surface area contributed by atoms with Gasteiger partial charge in [-0.25, -0.2) is 0 Å². The molecule has 0 bridgehead atoms. The van der Waals surface area contributed by atoms with E-state index in [-0.39, 0.29) is 12.0 Å². The van der Waals surface area contributed by atoms with Gasteiger partial charge in [0.15, 0.2) is 0 Å². The number of aromatic nitrogens is 2. The van der Waals surface area contributed by atoms with Crippen molar-refractivity contribution >= 4 is 17.7 Å². The van der Waals surface area contributed by atoms with Gasteiger partial charge in [-0.05, 0) is 18.4 Å². The van der Waals surface area contributed by atoms with E-state index < -0.39 is 5.97 Å². The van der Waals surface area contributed by atoms with Gasteiger partial charge >= 0.3 is 5.97 Å². The molecular weight excluding hydrogens is 272 g/mol. The molecule has 0 aliphatic heterocycles. The fourth-order valence-electron chi connectivity index (χ4n) is 2.34. The summed E-state index contributed by atoms with van der Waals surface area (Å²) in [6.07, 6.45) is 5.28. The molecule has 1 aliphatic rings. The topological polar surface area (TPSA) is 55.1 Å². The van der Waals surface area contributed by atoms with E-state index in [4.69, 9.17) is 5.11 Å². The number of nitrogens with zero attached hydrogens (tertiary/aromatic N) is 2. The largest absolute Gasteiger partial charge is 0.481 e. The molecule has 4 nitrogen and oxygen atoms in total. The Hall–Kier alpha value is -1.75. The first-order valence-corrected chi connectivity index (χ1v) is 7.64. The fraction of sp³-hybridized carbons (Fsp3) is 0.333. The number of carboxylic acid groups (broad SMARTS) is 1. The Morgan fingerprint density at radius 2 is 2.10 bits per heavy atom. The molecule has 0 amide bonds. The van der Waals surface area contributed by atoms with Crippen LogP contribution >= 0.6 is 11.8 Å². The highest BCUT2D eigenvalue weighted by Gasteiger charge is 2.35. The maximum absolute atomic E-state index is 10.8. The standard InChI is InChI=1S/C15H16N2O2S/c18-15(19)12-6-13(7-12)17-9-14(8-16-17)20-10-11-4-2-1-3-5-11/h1-5,8-9,12-13H,6-7,10H2,(H,18,19). The number of aliphatic carboxylic acids is 1. The maximum Gasteiger partial charge on any atom is 0.306 e. The van der Waals surface area contributed by atoms with Crippen LogP contribution < -0.4 is 0 Å². The SMILES string of the molecule is O=C(O)C1CC(n2cc(SCc3ccccc3)cn2)C1. The number of hydrogen-bond acceptors (Lipinski definition) is 3. The molecule has 2 aromatic rings. The minimum atomic E-state index is -0.688. The van der Waals surface area contributed by atoms with Crippen molar-refractivity contribution in [3.8, 4) is 0 Å². The highest BCUT2D eigenvalue weighted by atomic mass is 32.2. The number of thioether (sulfide) groups is 1. The van der Waals surface area contributed by atoms with Crippen LogP contribution in [0, 0.1) is 5.92 Å². The Balaban J connectivity index is 1.54.